The van der Waals surface area contributed by atoms with Crippen LogP contribution in [0.2, 0.25) is 0 Å². The first-order valence-electron chi connectivity index (χ1n) is 7.42. The van der Waals surface area contributed by atoms with E-state index in [0.717, 1.165) is 23.9 Å². The molecule has 4 nitrogen and oxygen atoms in total. The van der Waals surface area contributed by atoms with Crippen molar-refractivity contribution < 1.29 is 4.79 Å². The van der Waals surface area contributed by atoms with Crippen LogP contribution in [-0.2, 0) is 0 Å². The summed E-state index contributed by atoms with van der Waals surface area (Å²) >= 11 is 3.19. The van der Waals surface area contributed by atoms with Crippen molar-refractivity contribution in [1.29, 1.82) is 0 Å². The number of hydrogen-bond donors (Lipinski definition) is 1. The first-order valence-corrected chi connectivity index (χ1v) is 9.46. The number of carbonyl (C=O) groups excluding carboxylic acids is 1. The number of nitrogens with two attached hydrogens (primary N) is 1. The molecule has 1 aromatic rings. The molecule has 0 bridgehead atoms. The third-order valence-electron chi connectivity index (χ3n) is 4.06. The minimum absolute atomic E-state index is 0.00116. The van der Waals surface area contributed by atoms with Crippen LogP contribution in [0.4, 0.5) is 10.7 Å². The van der Waals surface area contributed by atoms with Crippen LogP contribution in [-0.4, -0.2) is 44.2 Å². The molecule has 1 fully saturated rings. The zero-order chi connectivity index (χ0) is 15.6. The molecule has 1 aliphatic rings. The molecule has 0 aliphatic heterocycles. The molecule has 0 spiro atoms. The summed E-state index contributed by atoms with van der Waals surface area (Å²) in [5, 5.41) is 1.17. The van der Waals surface area contributed by atoms with Crippen LogP contribution in [0.1, 0.15) is 35.9 Å². The zero-order valence-electron chi connectivity index (χ0n) is 13.3. The lowest BCUT2D eigenvalue weighted by Crippen LogP contribution is -2.32. The van der Waals surface area contributed by atoms with Crippen molar-refractivity contribution in [2.24, 2.45) is 5.92 Å². The molecule has 6 heteroatoms. The highest BCUT2D eigenvalue weighted by molar-refractivity contribution is 7.99. The molecule has 1 saturated carbocycles. The fourth-order valence-corrected chi connectivity index (χ4v) is 4.80. The fraction of sp³-hybridized carbons (Fsp3) is 0.667. The van der Waals surface area contributed by atoms with E-state index in [4.69, 9.17) is 5.73 Å². The number of rotatable bonds is 6. The van der Waals surface area contributed by atoms with E-state index in [-0.39, 0.29) is 5.91 Å². The van der Waals surface area contributed by atoms with Gasteiger partial charge in [0.25, 0.3) is 5.91 Å². The SMILES string of the molecule is CCN(CC1CCC1)c1sc(C(=O)N(C)C)c(N)c1SC. The number of nitrogens with zero attached hydrogens (tertiary/aromatic N) is 2. The molecule has 21 heavy (non-hydrogen) atoms. The van der Waals surface area contributed by atoms with Gasteiger partial charge in [0.15, 0.2) is 0 Å². The topological polar surface area (TPSA) is 49.6 Å². The second kappa shape index (κ2) is 6.92. The predicted octanol–water partition coefficient (Wildman–Crippen LogP) is 3.38. The second-order valence-corrected chi connectivity index (χ2v) is 7.53. The third-order valence-corrected chi connectivity index (χ3v) is 6.26. The van der Waals surface area contributed by atoms with E-state index in [1.54, 1.807) is 42.1 Å². The van der Waals surface area contributed by atoms with Gasteiger partial charge in [0.1, 0.15) is 9.88 Å². The first kappa shape index (κ1) is 16.5. The van der Waals surface area contributed by atoms with Gasteiger partial charge in [-0.15, -0.1) is 23.1 Å². The molecule has 1 amide bonds. The Morgan fingerprint density at radius 1 is 1.43 bits per heavy atom. The average Bonchev–Trinajstić information content (AvgIpc) is 2.73. The van der Waals surface area contributed by atoms with Crippen LogP contribution in [0.3, 0.4) is 0 Å². The molecule has 1 heterocycles. The standard InChI is InChI=1S/C15H25N3OS2/c1-5-18(9-10-7-6-8-10)15-13(20-4)11(16)12(21-15)14(19)17(2)3/h10H,5-9,16H2,1-4H3. The number of nitrogen functional groups attached to an aromatic ring is 1. The van der Waals surface area contributed by atoms with Crippen molar-refractivity contribution in [3.05, 3.63) is 4.88 Å². The van der Waals surface area contributed by atoms with Gasteiger partial charge in [0, 0.05) is 27.2 Å². The number of thiophene rings is 1. The molecule has 2 N–H and O–H groups in total. The third kappa shape index (κ3) is 3.31. The normalized spacial score (nSPS) is 14.9. The van der Waals surface area contributed by atoms with Crippen molar-refractivity contribution in [1.82, 2.24) is 4.90 Å². The number of carbonyl (C=O) groups is 1. The Hall–Kier alpha value is -0.880. The van der Waals surface area contributed by atoms with Gasteiger partial charge in [-0.3, -0.25) is 4.79 Å². The van der Waals surface area contributed by atoms with Gasteiger partial charge in [0.2, 0.25) is 0 Å². The summed E-state index contributed by atoms with van der Waals surface area (Å²) in [7, 11) is 3.54. The highest BCUT2D eigenvalue weighted by atomic mass is 32.2. The molecule has 0 radical (unpaired) electrons. The zero-order valence-corrected chi connectivity index (χ0v) is 14.9. The maximum Gasteiger partial charge on any atom is 0.265 e. The summed E-state index contributed by atoms with van der Waals surface area (Å²) in [5.41, 5.74) is 6.89. The van der Waals surface area contributed by atoms with Crippen molar-refractivity contribution in [2.45, 2.75) is 31.1 Å². The first-order chi connectivity index (χ1) is 9.99. The van der Waals surface area contributed by atoms with E-state index >= 15 is 0 Å². The van der Waals surface area contributed by atoms with Crippen molar-refractivity contribution in [3.63, 3.8) is 0 Å². The monoisotopic (exact) mass is 327 g/mol. The lowest BCUT2D eigenvalue weighted by Gasteiger charge is -2.32. The summed E-state index contributed by atoms with van der Waals surface area (Å²) in [6.45, 7) is 4.21. The molecule has 118 valence electrons. The molecular formula is C15H25N3OS2. The second-order valence-electron chi connectivity index (χ2n) is 5.72. The fourth-order valence-electron chi connectivity index (χ4n) is 2.53. The molecule has 0 unspecified atom stereocenters. The Bertz CT molecular complexity index is 509. The summed E-state index contributed by atoms with van der Waals surface area (Å²) in [5.74, 6) is 0.801. The molecule has 0 aromatic carbocycles. The minimum Gasteiger partial charge on any atom is -0.396 e. The molecule has 0 atom stereocenters. The van der Waals surface area contributed by atoms with Gasteiger partial charge in [0.05, 0.1) is 10.6 Å². The average molecular weight is 328 g/mol. The summed E-state index contributed by atoms with van der Waals surface area (Å²) in [6, 6.07) is 0. The van der Waals surface area contributed by atoms with Crippen LogP contribution in [0.15, 0.2) is 4.90 Å². The number of amides is 1. The quantitative estimate of drug-likeness (QED) is 0.814. The molecule has 2 rings (SSSR count). The number of thioether (sulfide) groups is 1. The van der Waals surface area contributed by atoms with Gasteiger partial charge in [-0.05, 0) is 31.9 Å². The van der Waals surface area contributed by atoms with Crippen molar-refractivity contribution in [3.8, 4) is 0 Å². The molecule has 1 aromatic heterocycles. The Balaban J connectivity index is 2.32. The largest absolute Gasteiger partial charge is 0.396 e. The van der Waals surface area contributed by atoms with E-state index in [2.05, 4.69) is 11.8 Å². The molecular weight excluding hydrogens is 302 g/mol. The van der Waals surface area contributed by atoms with Crippen molar-refractivity contribution >= 4 is 39.7 Å². The smallest absolute Gasteiger partial charge is 0.265 e. The Morgan fingerprint density at radius 2 is 2.10 bits per heavy atom. The van der Waals surface area contributed by atoms with Crippen LogP contribution >= 0.6 is 23.1 Å². The summed E-state index contributed by atoms with van der Waals surface area (Å²) in [4.78, 5) is 18.0. The number of anilines is 2. The number of hydrogen-bond acceptors (Lipinski definition) is 5. The van der Waals surface area contributed by atoms with E-state index in [9.17, 15) is 4.79 Å². The summed E-state index contributed by atoms with van der Waals surface area (Å²) in [6.07, 6.45) is 6.04. The Morgan fingerprint density at radius 3 is 2.52 bits per heavy atom. The van der Waals surface area contributed by atoms with E-state index in [1.165, 1.54) is 24.3 Å². The van der Waals surface area contributed by atoms with Gasteiger partial charge < -0.3 is 15.5 Å². The van der Waals surface area contributed by atoms with Gasteiger partial charge in [-0.25, -0.2) is 0 Å². The van der Waals surface area contributed by atoms with E-state index in [1.807, 2.05) is 6.26 Å². The highest BCUT2D eigenvalue weighted by Gasteiger charge is 2.27. The van der Waals surface area contributed by atoms with Crippen molar-refractivity contribution in [2.75, 3.05) is 44.1 Å². The maximum atomic E-state index is 12.3. The Labute approximate surface area is 135 Å². The lowest BCUT2D eigenvalue weighted by molar-refractivity contribution is 0.0833. The lowest BCUT2D eigenvalue weighted by atomic mass is 9.85. The van der Waals surface area contributed by atoms with E-state index in [0.29, 0.717) is 10.6 Å². The highest BCUT2D eigenvalue weighted by Crippen LogP contribution is 2.45. The Kier molecular flexibility index (Phi) is 5.43. The van der Waals surface area contributed by atoms with Crippen LogP contribution in [0.5, 0.6) is 0 Å². The van der Waals surface area contributed by atoms with Gasteiger partial charge in [-0.2, -0.15) is 0 Å². The van der Waals surface area contributed by atoms with Gasteiger partial charge >= 0.3 is 0 Å². The van der Waals surface area contributed by atoms with Crippen LogP contribution < -0.4 is 10.6 Å². The molecule has 1 aliphatic carbocycles. The molecule has 0 saturated heterocycles. The predicted molar refractivity (Wildman–Crippen MR) is 93.8 cm³/mol. The van der Waals surface area contributed by atoms with Crippen LogP contribution in [0, 0.1) is 5.92 Å². The summed E-state index contributed by atoms with van der Waals surface area (Å²) < 4.78 is 0. The van der Waals surface area contributed by atoms with E-state index < -0.39 is 0 Å². The van der Waals surface area contributed by atoms with Gasteiger partial charge in [-0.1, -0.05) is 6.42 Å². The minimum atomic E-state index is -0.00116. The maximum absolute atomic E-state index is 12.3. The van der Waals surface area contributed by atoms with Crippen LogP contribution in [0.25, 0.3) is 0 Å².